The molecule has 0 fully saturated rings. The lowest BCUT2D eigenvalue weighted by atomic mass is 10.1. The number of anilines is 1. The van der Waals surface area contributed by atoms with Crippen molar-refractivity contribution in [2.45, 2.75) is 51.1 Å². The summed E-state index contributed by atoms with van der Waals surface area (Å²) in [4.78, 5) is 28.4. The van der Waals surface area contributed by atoms with Crippen LogP contribution in [0.25, 0.3) is 0 Å². The van der Waals surface area contributed by atoms with Crippen LogP contribution in [-0.2, 0) is 26.2 Å². The van der Waals surface area contributed by atoms with Crippen LogP contribution in [0.2, 0.25) is 5.02 Å². The molecule has 1 unspecified atom stereocenters. The third kappa shape index (κ3) is 7.99. The normalized spacial score (nSPS) is 11.9. The molecule has 1 N–H and O–H groups in total. The largest absolute Gasteiger partial charge is 0.492 e. The number of ether oxygens (including phenoxy) is 1. The van der Waals surface area contributed by atoms with Gasteiger partial charge in [0.15, 0.2) is 0 Å². The summed E-state index contributed by atoms with van der Waals surface area (Å²) in [6, 6.07) is 20.8. The molecule has 1 atom stereocenters. The quantitative estimate of drug-likeness (QED) is 0.260. The molecule has 0 radical (unpaired) electrons. The van der Waals surface area contributed by atoms with Crippen molar-refractivity contribution in [1.82, 2.24) is 10.2 Å². The Hall–Kier alpha value is -3.56. The van der Waals surface area contributed by atoms with Crippen molar-refractivity contribution in [1.29, 1.82) is 0 Å². The fourth-order valence-electron chi connectivity index (χ4n) is 4.09. The van der Waals surface area contributed by atoms with Crippen molar-refractivity contribution in [3.8, 4) is 5.75 Å². The second kappa shape index (κ2) is 14.7. The van der Waals surface area contributed by atoms with Crippen molar-refractivity contribution in [2.75, 3.05) is 24.0 Å². The summed E-state index contributed by atoms with van der Waals surface area (Å²) in [6.07, 6.45) is 1.73. The first kappa shape index (κ1) is 31.0. The number of hydrogen-bond acceptors (Lipinski definition) is 5. The third-order valence-electron chi connectivity index (χ3n) is 6.31. The average Bonchev–Trinajstić information content (AvgIpc) is 2.95. The Bertz CT molecular complexity index is 1370. The molecule has 0 spiro atoms. The number of amides is 2. The van der Waals surface area contributed by atoms with E-state index in [1.165, 1.54) is 29.2 Å². The second-order valence-electron chi connectivity index (χ2n) is 9.19. The standard InChI is InChI=1S/C30H36ClN3O5S/c1-4-6-20-32-30(36)23(3)33(21-24-12-8-7-9-13-24)29(35)22-34(27-14-10-11-15-28(27)39-5-2)40(37,38)26-18-16-25(31)17-19-26/h7-19,23H,4-6,20-22H2,1-3H3,(H,32,36). The highest BCUT2D eigenvalue weighted by molar-refractivity contribution is 7.92. The highest BCUT2D eigenvalue weighted by Gasteiger charge is 2.33. The number of hydrogen-bond donors (Lipinski definition) is 1. The number of rotatable bonds is 14. The summed E-state index contributed by atoms with van der Waals surface area (Å²) in [5, 5.41) is 3.26. The van der Waals surface area contributed by atoms with E-state index in [1.807, 2.05) is 37.3 Å². The summed E-state index contributed by atoms with van der Waals surface area (Å²) >= 11 is 6.01. The van der Waals surface area contributed by atoms with Crippen LogP contribution < -0.4 is 14.4 Å². The Balaban J connectivity index is 2.04. The van der Waals surface area contributed by atoms with Crippen LogP contribution in [-0.4, -0.2) is 50.9 Å². The molecule has 3 aromatic rings. The summed E-state index contributed by atoms with van der Waals surface area (Å²) < 4.78 is 34.7. The van der Waals surface area contributed by atoms with E-state index in [1.54, 1.807) is 38.1 Å². The third-order valence-corrected chi connectivity index (χ3v) is 8.33. The Kier molecular flexibility index (Phi) is 11.4. The van der Waals surface area contributed by atoms with Gasteiger partial charge in [-0.15, -0.1) is 0 Å². The van der Waals surface area contributed by atoms with Gasteiger partial charge in [0, 0.05) is 18.1 Å². The van der Waals surface area contributed by atoms with Gasteiger partial charge in [-0.2, -0.15) is 0 Å². The first-order valence-electron chi connectivity index (χ1n) is 13.3. The molecule has 0 heterocycles. The topological polar surface area (TPSA) is 96.0 Å². The average molecular weight is 586 g/mol. The number of carbonyl (C=O) groups is 2. The van der Waals surface area contributed by atoms with E-state index in [4.69, 9.17) is 16.3 Å². The Morgan fingerprint density at radius 1 is 0.950 bits per heavy atom. The Morgan fingerprint density at radius 3 is 2.25 bits per heavy atom. The minimum atomic E-state index is -4.23. The number of sulfonamides is 1. The molecule has 8 nitrogen and oxygen atoms in total. The molecule has 0 aromatic heterocycles. The predicted molar refractivity (Wildman–Crippen MR) is 158 cm³/mol. The number of benzene rings is 3. The van der Waals surface area contributed by atoms with Gasteiger partial charge in [0.25, 0.3) is 10.0 Å². The molecule has 10 heteroatoms. The van der Waals surface area contributed by atoms with Crippen molar-refractivity contribution in [3.05, 3.63) is 89.4 Å². The van der Waals surface area contributed by atoms with Gasteiger partial charge in [-0.05, 0) is 62.2 Å². The van der Waals surface area contributed by atoms with Gasteiger partial charge in [-0.25, -0.2) is 8.42 Å². The fourth-order valence-corrected chi connectivity index (χ4v) is 5.64. The summed E-state index contributed by atoms with van der Waals surface area (Å²) in [6.45, 7) is 5.84. The Labute approximate surface area is 241 Å². The molecule has 3 aromatic carbocycles. The molecule has 0 saturated heterocycles. The van der Waals surface area contributed by atoms with Crippen LogP contribution >= 0.6 is 11.6 Å². The van der Waals surface area contributed by atoms with E-state index in [2.05, 4.69) is 5.32 Å². The predicted octanol–water partition coefficient (Wildman–Crippen LogP) is 5.27. The zero-order valence-corrected chi connectivity index (χ0v) is 24.6. The van der Waals surface area contributed by atoms with E-state index in [-0.39, 0.29) is 23.0 Å². The molecule has 2 amide bonds. The van der Waals surface area contributed by atoms with Crippen molar-refractivity contribution < 1.29 is 22.7 Å². The van der Waals surface area contributed by atoms with Gasteiger partial charge >= 0.3 is 0 Å². The molecule has 214 valence electrons. The number of para-hydroxylation sites is 2. The molecule has 3 rings (SSSR count). The fraction of sp³-hybridized carbons (Fsp3) is 0.333. The zero-order chi connectivity index (χ0) is 29.1. The lowest BCUT2D eigenvalue weighted by molar-refractivity contribution is -0.139. The van der Waals surface area contributed by atoms with Crippen molar-refractivity contribution in [3.63, 3.8) is 0 Å². The highest BCUT2D eigenvalue weighted by Crippen LogP contribution is 2.33. The van der Waals surface area contributed by atoms with Gasteiger partial charge in [0.2, 0.25) is 11.8 Å². The molecule has 0 bridgehead atoms. The summed E-state index contributed by atoms with van der Waals surface area (Å²) in [5.41, 5.74) is 1.03. The number of carbonyl (C=O) groups excluding carboxylic acids is 2. The van der Waals surface area contributed by atoms with E-state index in [9.17, 15) is 18.0 Å². The number of nitrogens with zero attached hydrogens (tertiary/aromatic N) is 2. The molecular formula is C30H36ClN3O5S. The molecule has 0 saturated carbocycles. The van der Waals surface area contributed by atoms with Crippen LogP contribution in [0, 0.1) is 0 Å². The first-order chi connectivity index (χ1) is 19.2. The van der Waals surface area contributed by atoms with Gasteiger partial charge in [0.05, 0.1) is 17.2 Å². The minimum absolute atomic E-state index is 0.0315. The summed E-state index contributed by atoms with van der Waals surface area (Å²) in [7, 11) is -4.23. The summed E-state index contributed by atoms with van der Waals surface area (Å²) in [5.74, 6) is -0.527. The van der Waals surface area contributed by atoms with E-state index in [0.29, 0.717) is 23.9 Å². The molecule has 40 heavy (non-hydrogen) atoms. The SMILES string of the molecule is CCCCNC(=O)C(C)N(Cc1ccccc1)C(=O)CN(c1ccccc1OCC)S(=O)(=O)c1ccc(Cl)cc1. The number of halogens is 1. The van der Waals surface area contributed by atoms with E-state index < -0.39 is 28.5 Å². The van der Waals surface area contributed by atoms with Crippen LogP contribution in [0.3, 0.4) is 0 Å². The monoisotopic (exact) mass is 585 g/mol. The van der Waals surface area contributed by atoms with Gasteiger partial charge in [-0.1, -0.05) is 67.4 Å². The Morgan fingerprint density at radius 2 is 1.60 bits per heavy atom. The lowest BCUT2D eigenvalue weighted by Gasteiger charge is -2.32. The lowest BCUT2D eigenvalue weighted by Crippen LogP contribution is -2.51. The molecule has 0 aliphatic heterocycles. The van der Waals surface area contributed by atoms with Crippen LogP contribution in [0.4, 0.5) is 5.69 Å². The smallest absolute Gasteiger partial charge is 0.264 e. The zero-order valence-electron chi connectivity index (χ0n) is 23.0. The molecule has 0 aliphatic rings. The van der Waals surface area contributed by atoms with Crippen LogP contribution in [0.1, 0.15) is 39.2 Å². The first-order valence-corrected chi connectivity index (χ1v) is 15.1. The minimum Gasteiger partial charge on any atom is -0.492 e. The maximum absolute atomic E-state index is 14.0. The van der Waals surface area contributed by atoms with Crippen LogP contribution in [0.15, 0.2) is 83.8 Å². The molecule has 0 aliphatic carbocycles. The maximum Gasteiger partial charge on any atom is 0.264 e. The maximum atomic E-state index is 14.0. The van der Waals surface area contributed by atoms with Crippen molar-refractivity contribution >= 4 is 39.1 Å². The van der Waals surface area contributed by atoms with E-state index >= 15 is 0 Å². The van der Waals surface area contributed by atoms with Gasteiger partial charge in [0.1, 0.15) is 18.3 Å². The van der Waals surface area contributed by atoms with Crippen LogP contribution in [0.5, 0.6) is 5.75 Å². The van der Waals surface area contributed by atoms with E-state index in [0.717, 1.165) is 22.7 Å². The van der Waals surface area contributed by atoms with Gasteiger partial charge < -0.3 is 15.0 Å². The van der Waals surface area contributed by atoms with Gasteiger partial charge in [-0.3, -0.25) is 13.9 Å². The van der Waals surface area contributed by atoms with Crippen molar-refractivity contribution in [2.24, 2.45) is 0 Å². The number of nitrogens with one attached hydrogen (secondary N) is 1. The highest BCUT2D eigenvalue weighted by atomic mass is 35.5. The second-order valence-corrected chi connectivity index (χ2v) is 11.5. The molecular weight excluding hydrogens is 550 g/mol. The number of unbranched alkanes of at least 4 members (excludes halogenated alkanes) is 1.